The Morgan fingerprint density at radius 2 is 1.22 bits per heavy atom. The minimum Gasteiger partial charge on any atom is -0.507 e. The molecular weight excluding hydrogens is 500 g/mol. The minimum atomic E-state index is -0.645. The Hall–Kier alpha value is -5.02. The van der Waals surface area contributed by atoms with Crippen LogP contribution in [0.4, 0.5) is 0 Å². The lowest BCUT2D eigenvalue weighted by Gasteiger charge is -2.31. The molecule has 0 bridgehead atoms. The molecule has 2 heterocycles. The number of aromatic nitrogens is 2. The predicted molar refractivity (Wildman–Crippen MR) is 164 cm³/mol. The van der Waals surface area contributed by atoms with Crippen LogP contribution in [0.1, 0.15) is 47.5 Å². The van der Waals surface area contributed by atoms with Crippen molar-refractivity contribution in [3.63, 3.8) is 0 Å². The molecule has 0 amide bonds. The van der Waals surface area contributed by atoms with Gasteiger partial charge in [-0.25, -0.2) is 0 Å². The molecule has 4 aromatic carbocycles. The maximum absolute atomic E-state index is 10.9. The predicted octanol–water partition coefficient (Wildman–Crippen LogP) is 8.52. The zero-order chi connectivity index (χ0) is 27.8. The zero-order valence-electron chi connectivity index (χ0n) is 23.0. The summed E-state index contributed by atoms with van der Waals surface area (Å²) in [6, 6.07) is 42.1. The van der Waals surface area contributed by atoms with Gasteiger partial charge in [0, 0.05) is 22.7 Å². The molecule has 2 aromatic heterocycles. The molecule has 0 saturated carbocycles. The minimum absolute atomic E-state index is 0.183. The molecule has 6 aromatic rings. The van der Waals surface area contributed by atoms with E-state index in [4.69, 9.17) is 9.97 Å². The van der Waals surface area contributed by atoms with Gasteiger partial charge in [-0.2, -0.15) is 0 Å². The number of hydrogen-bond donors (Lipinski definition) is 1. The number of fused-ring (bicyclic) bond motifs is 6. The fourth-order valence-electron chi connectivity index (χ4n) is 7.25. The van der Waals surface area contributed by atoms with E-state index < -0.39 is 5.41 Å². The fourth-order valence-corrected chi connectivity index (χ4v) is 7.25. The molecule has 0 fully saturated rings. The third kappa shape index (κ3) is 3.15. The highest BCUT2D eigenvalue weighted by atomic mass is 16.3. The van der Waals surface area contributed by atoms with Crippen LogP contribution in [0.25, 0.3) is 33.5 Å². The lowest BCUT2D eigenvalue weighted by Crippen LogP contribution is -2.31. The number of rotatable bonds is 3. The van der Waals surface area contributed by atoms with E-state index in [0.29, 0.717) is 5.75 Å². The number of phenols is 1. The number of pyridine rings is 2. The second kappa shape index (κ2) is 8.49. The molecule has 1 N–H and O–H groups in total. The van der Waals surface area contributed by atoms with Gasteiger partial charge in [0.15, 0.2) is 0 Å². The van der Waals surface area contributed by atoms with Gasteiger partial charge in [-0.3, -0.25) is 9.97 Å². The summed E-state index contributed by atoms with van der Waals surface area (Å²) in [5.41, 5.74) is 12.2. The molecule has 0 unspecified atom stereocenters. The van der Waals surface area contributed by atoms with Crippen molar-refractivity contribution in [2.24, 2.45) is 0 Å². The third-order valence-electron chi connectivity index (χ3n) is 9.11. The van der Waals surface area contributed by atoms with E-state index in [1.807, 2.05) is 18.3 Å². The van der Waals surface area contributed by atoms with Gasteiger partial charge in [0.1, 0.15) is 11.2 Å². The van der Waals surface area contributed by atoms with Gasteiger partial charge in [0.25, 0.3) is 0 Å². The maximum Gasteiger partial charge on any atom is 0.123 e. The van der Waals surface area contributed by atoms with Crippen LogP contribution < -0.4 is 0 Å². The summed E-state index contributed by atoms with van der Waals surface area (Å²) in [6.07, 6.45) is 1.87. The number of aromatic hydroxyl groups is 1. The van der Waals surface area contributed by atoms with E-state index in [2.05, 4.69) is 117 Å². The number of nitrogens with zero attached hydrogens (tertiary/aromatic N) is 2. The first kappa shape index (κ1) is 23.8. The number of benzene rings is 4. The van der Waals surface area contributed by atoms with Crippen LogP contribution in [0, 0.1) is 0 Å². The van der Waals surface area contributed by atoms with Crippen molar-refractivity contribution in [3.8, 4) is 39.3 Å². The summed E-state index contributed by atoms with van der Waals surface area (Å²) in [4.78, 5) is 10.3. The monoisotopic (exact) mass is 528 g/mol. The van der Waals surface area contributed by atoms with E-state index in [-0.39, 0.29) is 5.41 Å². The number of phenolic OH excluding ortho intramolecular Hbond substituents is 1. The Kier molecular flexibility index (Phi) is 4.93. The highest BCUT2D eigenvalue weighted by molar-refractivity contribution is 5.88. The average Bonchev–Trinajstić information content (AvgIpc) is 3.45. The Labute approximate surface area is 239 Å². The summed E-state index contributed by atoms with van der Waals surface area (Å²) < 4.78 is 0. The molecule has 3 nitrogen and oxygen atoms in total. The third-order valence-corrected chi connectivity index (χ3v) is 9.11. The van der Waals surface area contributed by atoms with Crippen molar-refractivity contribution in [2.75, 3.05) is 0 Å². The summed E-state index contributed by atoms with van der Waals surface area (Å²) >= 11 is 0. The summed E-state index contributed by atoms with van der Waals surface area (Å²) in [5, 5.41) is 10.9. The molecule has 0 aliphatic heterocycles. The molecule has 8 rings (SSSR count). The highest BCUT2D eigenvalue weighted by Crippen LogP contribution is 2.56. The van der Waals surface area contributed by atoms with Gasteiger partial charge in [-0.05, 0) is 75.3 Å². The largest absolute Gasteiger partial charge is 0.507 e. The standard InChI is InChI=1S/C38H28N2O/c1-37(2)28-21-20-24(23-27(28)36-31(37)15-9-17-33(36)41)32-16-10-19-35(40-32)38(34-18-7-8-22-39-34)29-13-5-3-11-25(29)26-12-4-6-14-30(26)38/h3-23,41H,1-2H3. The van der Waals surface area contributed by atoms with Gasteiger partial charge in [0.2, 0.25) is 0 Å². The summed E-state index contributed by atoms with van der Waals surface area (Å²) in [7, 11) is 0. The maximum atomic E-state index is 10.9. The molecule has 0 saturated heterocycles. The molecule has 41 heavy (non-hydrogen) atoms. The zero-order valence-corrected chi connectivity index (χ0v) is 23.0. The topological polar surface area (TPSA) is 46.0 Å². The average molecular weight is 529 g/mol. The normalized spacial score (nSPS) is 15.1. The van der Waals surface area contributed by atoms with Crippen molar-refractivity contribution in [1.82, 2.24) is 9.97 Å². The molecule has 2 aliphatic carbocycles. The van der Waals surface area contributed by atoms with Crippen LogP contribution in [0.2, 0.25) is 0 Å². The fraction of sp³-hybridized carbons (Fsp3) is 0.105. The Morgan fingerprint density at radius 3 is 1.95 bits per heavy atom. The molecule has 196 valence electrons. The van der Waals surface area contributed by atoms with Crippen LogP contribution >= 0.6 is 0 Å². The first-order valence-corrected chi connectivity index (χ1v) is 14.1. The first-order chi connectivity index (χ1) is 20.0. The van der Waals surface area contributed by atoms with Crippen molar-refractivity contribution >= 4 is 0 Å². The lowest BCUT2D eigenvalue weighted by atomic mass is 9.72. The SMILES string of the molecule is CC1(C)c2ccc(-c3cccc(C4(c5ccccn5)c5ccccc5-c5ccccc54)n3)cc2-c2c(O)cccc21. The molecule has 0 radical (unpaired) electrons. The van der Waals surface area contributed by atoms with E-state index >= 15 is 0 Å². The van der Waals surface area contributed by atoms with Gasteiger partial charge in [-0.1, -0.05) is 98.8 Å². The molecule has 3 heteroatoms. The molecular formula is C38H28N2O. The van der Waals surface area contributed by atoms with Crippen LogP contribution in [0.15, 0.2) is 128 Å². The molecule has 2 aliphatic rings. The molecule has 0 atom stereocenters. The van der Waals surface area contributed by atoms with Gasteiger partial charge in [0.05, 0.1) is 17.1 Å². The van der Waals surface area contributed by atoms with Gasteiger partial charge < -0.3 is 5.11 Å². The lowest BCUT2D eigenvalue weighted by molar-refractivity contribution is 0.476. The Bertz CT molecular complexity index is 1940. The van der Waals surface area contributed by atoms with Gasteiger partial charge >= 0.3 is 0 Å². The Morgan fingerprint density at radius 1 is 0.561 bits per heavy atom. The quantitative estimate of drug-likeness (QED) is 0.250. The first-order valence-electron chi connectivity index (χ1n) is 14.1. The van der Waals surface area contributed by atoms with Crippen LogP contribution in [-0.2, 0) is 10.8 Å². The van der Waals surface area contributed by atoms with Crippen molar-refractivity contribution in [1.29, 1.82) is 0 Å². The van der Waals surface area contributed by atoms with E-state index in [1.54, 1.807) is 6.07 Å². The van der Waals surface area contributed by atoms with Crippen molar-refractivity contribution in [3.05, 3.63) is 161 Å². The summed E-state index contributed by atoms with van der Waals surface area (Å²) in [5.74, 6) is 0.321. The summed E-state index contributed by atoms with van der Waals surface area (Å²) in [6.45, 7) is 4.45. The highest BCUT2D eigenvalue weighted by Gasteiger charge is 2.48. The van der Waals surface area contributed by atoms with Gasteiger partial charge in [-0.15, -0.1) is 0 Å². The molecule has 0 spiro atoms. The Balaban J connectivity index is 1.37. The smallest absolute Gasteiger partial charge is 0.123 e. The van der Waals surface area contributed by atoms with E-state index in [9.17, 15) is 5.11 Å². The van der Waals surface area contributed by atoms with Crippen molar-refractivity contribution in [2.45, 2.75) is 24.7 Å². The van der Waals surface area contributed by atoms with E-state index in [1.165, 1.54) is 27.8 Å². The van der Waals surface area contributed by atoms with Crippen LogP contribution in [0.3, 0.4) is 0 Å². The second-order valence-corrected chi connectivity index (χ2v) is 11.5. The van der Waals surface area contributed by atoms with Crippen LogP contribution in [-0.4, -0.2) is 15.1 Å². The van der Waals surface area contributed by atoms with Crippen LogP contribution in [0.5, 0.6) is 5.75 Å². The second-order valence-electron chi connectivity index (χ2n) is 11.5. The van der Waals surface area contributed by atoms with Crippen molar-refractivity contribution < 1.29 is 5.11 Å². The van der Waals surface area contributed by atoms with E-state index in [0.717, 1.165) is 39.3 Å². The number of hydrogen-bond acceptors (Lipinski definition) is 3.